The van der Waals surface area contributed by atoms with Crippen molar-refractivity contribution in [3.8, 4) is 5.69 Å². The normalized spacial score (nSPS) is 12.3. The fraction of sp³-hybridized carbons (Fsp3) is 0. The van der Waals surface area contributed by atoms with Crippen molar-refractivity contribution >= 4 is 69.2 Å². The van der Waals surface area contributed by atoms with Crippen LogP contribution >= 0.6 is 23.2 Å². The van der Waals surface area contributed by atoms with Gasteiger partial charge in [-0.05, 0) is 60.7 Å². The van der Waals surface area contributed by atoms with Crippen molar-refractivity contribution in [3.63, 3.8) is 0 Å². The zero-order chi connectivity index (χ0) is 30.1. The number of hydrogen-bond acceptors (Lipinski definition) is 9. The predicted octanol–water partition coefficient (Wildman–Crippen LogP) is 3.82. The first kappa shape index (κ1) is 28.1. The summed E-state index contributed by atoms with van der Waals surface area (Å²) in [6.07, 6.45) is 2.98. The van der Waals surface area contributed by atoms with E-state index in [0.29, 0.717) is 37.9 Å². The van der Waals surface area contributed by atoms with Gasteiger partial charge < -0.3 is 16.2 Å². The zero-order valence-electron chi connectivity index (χ0n) is 21.0. The lowest BCUT2D eigenvalue weighted by Gasteiger charge is -2.04. The minimum absolute atomic E-state index is 0.0440. The zero-order valence-corrected chi connectivity index (χ0v) is 22.6. The van der Waals surface area contributed by atoms with Gasteiger partial charge in [-0.15, -0.1) is 0 Å². The van der Waals surface area contributed by atoms with E-state index in [1.54, 1.807) is 42.5 Å². The molecule has 0 unspecified atom stereocenters. The summed E-state index contributed by atoms with van der Waals surface area (Å²) in [5, 5.41) is 12.2. The lowest BCUT2D eigenvalue weighted by atomic mass is 10.1. The number of carbonyl (C=O) groups is 4. The van der Waals surface area contributed by atoms with Gasteiger partial charge in [0.1, 0.15) is 11.4 Å². The summed E-state index contributed by atoms with van der Waals surface area (Å²) >= 11 is 11.5. The number of nitrogens with one attached hydrogen (secondary N) is 1. The standard InChI is InChI=1S/C14H6ClN3O2.C8H4ClNO2.C6H6N2O2/c15-7-3-4-10-9(6-7)11(19)13-17-12-8(2-1-5-16-12)14(20)18(10)13;9-4-1-2-6-5(3-4)7(11)8(12)10-6;7-5-4(6(9)10)2-1-3-8-5/h1-6H;1-3H,(H,10,11,12);1-3H,(H2,7,8)(H,9,10). The summed E-state index contributed by atoms with van der Waals surface area (Å²) in [5.74, 6) is -2.34. The summed E-state index contributed by atoms with van der Waals surface area (Å²) in [5.41, 5.74) is 7.04. The van der Waals surface area contributed by atoms with Gasteiger partial charge in [0.2, 0.25) is 5.78 Å². The Bertz CT molecular complexity index is 2030. The molecule has 1 amide bonds. The molecule has 0 saturated carbocycles. The number of hydrogen-bond donors (Lipinski definition) is 3. The molecule has 2 aromatic carbocycles. The molecule has 14 heteroatoms. The number of Topliss-reactive ketones (excluding diaryl/α,β-unsaturated/α-hetero) is 1. The van der Waals surface area contributed by atoms with E-state index in [1.165, 1.54) is 35.2 Å². The first-order valence-corrected chi connectivity index (χ1v) is 12.6. The number of anilines is 2. The predicted molar refractivity (Wildman–Crippen MR) is 154 cm³/mol. The third-order valence-corrected chi connectivity index (χ3v) is 6.51. The average Bonchev–Trinajstić information content (AvgIpc) is 3.41. The molecule has 2 aliphatic heterocycles. The molecule has 0 bridgehead atoms. The first-order chi connectivity index (χ1) is 20.1. The number of benzene rings is 2. The van der Waals surface area contributed by atoms with Crippen LogP contribution in [0.3, 0.4) is 0 Å². The molecule has 7 rings (SSSR count). The highest BCUT2D eigenvalue weighted by molar-refractivity contribution is 6.52. The number of carboxylic acid groups (broad SMARTS) is 1. The fourth-order valence-corrected chi connectivity index (χ4v) is 4.46. The molecule has 0 saturated heterocycles. The van der Waals surface area contributed by atoms with E-state index >= 15 is 0 Å². The van der Waals surface area contributed by atoms with Gasteiger partial charge in [0.25, 0.3) is 17.2 Å². The van der Waals surface area contributed by atoms with Gasteiger partial charge in [0.05, 0.1) is 27.9 Å². The number of nitrogen functional groups attached to an aromatic ring is 1. The lowest BCUT2D eigenvalue weighted by molar-refractivity contribution is -0.112. The molecule has 0 radical (unpaired) electrons. The number of fused-ring (bicyclic) bond motifs is 5. The summed E-state index contributed by atoms with van der Waals surface area (Å²) in [4.78, 5) is 68.9. The van der Waals surface area contributed by atoms with Crippen LogP contribution in [0, 0.1) is 0 Å². The Morgan fingerprint density at radius 2 is 1.52 bits per heavy atom. The third-order valence-electron chi connectivity index (χ3n) is 6.04. The number of aromatic carboxylic acids is 1. The van der Waals surface area contributed by atoms with Crippen molar-refractivity contribution in [1.82, 2.24) is 19.5 Å². The Balaban J connectivity index is 0.000000137. The van der Waals surface area contributed by atoms with Crippen LogP contribution in [-0.4, -0.2) is 48.1 Å². The summed E-state index contributed by atoms with van der Waals surface area (Å²) < 4.78 is 1.32. The molecule has 4 N–H and O–H groups in total. The van der Waals surface area contributed by atoms with Crippen LogP contribution in [-0.2, 0) is 4.79 Å². The molecule has 12 nitrogen and oxygen atoms in total. The largest absolute Gasteiger partial charge is 0.478 e. The monoisotopic (exact) mass is 602 g/mol. The molecule has 0 aliphatic carbocycles. The Morgan fingerprint density at radius 1 is 0.857 bits per heavy atom. The lowest BCUT2D eigenvalue weighted by Crippen LogP contribution is -2.21. The highest BCUT2D eigenvalue weighted by Gasteiger charge is 2.30. The van der Waals surface area contributed by atoms with E-state index in [0.717, 1.165) is 0 Å². The molecular weight excluding hydrogens is 587 g/mol. The summed E-state index contributed by atoms with van der Waals surface area (Å²) in [6, 6.07) is 15.8. The highest BCUT2D eigenvalue weighted by atomic mass is 35.5. The maximum atomic E-state index is 12.5. The number of pyridine rings is 2. The molecule has 3 aromatic heterocycles. The van der Waals surface area contributed by atoms with Gasteiger partial charge in [-0.1, -0.05) is 23.2 Å². The first-order valence-electron chi connectivity index (χ1n) is 11.9. The molecule has 5 heterocycles. The number of carboxylic acids is 1. The Labute approximate surface area is 245 Å². The number of ketones is 2. The van der Waals surface area contributed by atoms with Crippen LogP contribution in [0.5, 0.6) is 0 Å². The maximum Gasteiger partial charge on any atom is 0.339 e. The minimum Gasteiger partial charge on any atom is -0.478 e. The Hall–Kier alpha value is -5.46. The van der Waals surface area contributed by atoms with Gasteiger partial charge in [-0.25, -0.2) is 19.7 Å². The van der Waals surface area contributed by atoms with Crippen LogP contribution in [0.1, 0.15) is 36.9 Å². The quantitative estimate of drug-likeness (QED) is 0.233. The molecular formula is C28H16Cl2N6O6. The maximum absolute atomic E-state index is 12.5. The number of rotatable bonds is 1. The second-order valence-corrected chi connectivity index (χ2v) is 9.53. The molecule has 42 heavy (non-hydrogen) atoms. The smallest absolute Gasteiger partial charge is 0.339 e. The Morgan fingerprint density at radius 3 is 2.21 bits per heavy atom. The van der Waals surface area contributed by atoms with Crippen LogP contribution in [0.25, 0.3) is 16.7 Å². The second kappa shape index (κ2) is 11.2. The molecule has 0 atom stereocenters. The number of aromatic nitrogens is 4. The van der Waals surface area contributed by atoms with Gasteiger partial charge in [-0.3, -0.25) is 23.7 Å². The van der Waals surface area contributed by atoms with E-state index in [4.69, 9.17) is 34.0 Å². The minimum atomic E-state index is -1.05. The van der Waals surface area contributed by atoms with Crippen molar-refractivity contribution in [2.24, 2.45) is 0 Å². The van der Waals surface area contributed by atoms with Crippen molar-refractivity contribution < 1.29 is 24.3 Å². The average molecular weight is 603 g/mol. The van der Waals surface area contributed by atoms with Crippen LogP contribution in [0.4, 0.5) is 11.5 Å². The van der Waals surface area contributed by atoms with E-state index in [1.807, 2.05) is 0 Å². The van der Waals surface area contributed by atoms with Crippen molar-refractivity contribution in [2.75, 3.05) is 11.1 Å². The van der Waals surface area contributed by atoms with E-state index < -0.39 is 17.7 Å². The molecule has 0 spiro atoms. The third kappa shape index (κ3) is 5.19. The molecule has 0 fully saturated rings. The number of carbonyl (C=O) groups excluding carboxylic acids is 3. The molecule has 208 valence electrons. The van der Waals surface area contributed by atoms with Gasteiger partial charge in [0, 0.05) is 22.4 Å². The fourth-order valence-electron chi connectivity index (χ4n) is 4.11. The molecule has 5 aromatic rings. The number of nitrogens with zero attached hydrogens (tertiary/aromatic N) is 4. The number of amides is 1. The van der Waals surface area contributed by atoms with E-state index in [9.17, 15) is 24.0 Å². The Kier molecular flexibility index (Phi) is 7.49. The SMILES string of the molecule is Nc1ncccc1C(=O)O.O=C1Nc2ccc(Cl)cc2C1=O.O=C1c2cc(Cl)ccc2-n2c1nc1ncccc1c2=O. The van der Waals surface area contributed by atoms with E-state index in [2.05, 4.69) is 20.3 Å². The van der Waals surface area contributed by atoms with Crippen LogP contribution in [0.2, 0.25) is 10.0 Å². The highest BCUT2D eigenvalue weighted by Crippen LogP contribution is 2.28. The summed E-state index contributed by atoms with van der Waals surface area (Å²) in [7, 11) is 0. The van der Waals surface area contributed by atoms with Gasteiger partial charge in [0.15, 0.2) is 11.5 Å². The topological polar surface area (TPSA) is 187 Å². The molecule has 2 aliphatic rings. The van der Waals surface area contributed by atoms with Crippen LogP contribution < -0.4 is 16.6 Å². The van der Waals surface area contributed by atoms with Crippen molar-refractivity contribution in [3.05, 3.63) is 116 Å². The van der Waals surface area contributed by atoms with Crippen molar-refractivity contribution in [2.45, 2.75) is 0 Å². The van der Waals surface area contributed by atoms with E-state index in [-0.39, 0.29) is 34.2 Å². The van der Waals surface area contributed by atoms with Crippen molar-refractivity contribution in [1.29, 1.82) is 0 Å². The number of nitrogens with two attached hydrogens (primary N) is 1. The number of halogens is 2. The summed E-state index contributed by atoms with van der Waals surface area (Å²) in [6.45, 7) is 0. The van der Waals surface area contributed by atoms with Crippen LogP contribution in [0.15, 0.2) is 77.9 Å². The van der Waals surface area contributed by atoms with Gasteiger partial charge >= 0.3 is 5.97 Å². The second-order valence-electron chi connectivity index (χ2n) is 8.66. The van der Waals surface area contributed by atoms with Gasteiger partial charge in [-0.2, -0.15) is 0 Å².